The highest BCUT2D eigenvalue weighted by Gasteiger charge is 2.05. The van der Waals surface area contributed by atoms with Gasteiger partial charge in [-0.3, -0.25) is 10.1 Å². The van der Waals surface area contributed by atoms with E-state index in [0.717, 1.165) is 3.57 Å². The van der Waals surface area contributed by atoms with Gasteiger partial charge < -0.3 is 9.73 Å². The summed E-state index contributed by atoms with van der Waals surface area (Å²) in [7, 11) is 0. The molecule has 1 amide bonds. The van der Waals surface area contributed by atoms with Gasteiger partial charge in [-0.05, 0) is 71.2 Å². The Morgan fingerprint density at radius 3 is 2.86 bits per heavy atom. The van der Waals surface area contributed by atoms with Gasteiger partial charge in [0.1, 0.15) is 5.76 Å². The zero-order valence-electron chi connectivity index (χ0n) is 10.6. The summed E-state index contributed by atoms with van der Waals surface area (Å²) in [5.41, 5.74) is 0.636. The van der Waals surface area contributed by atoms with E-state index in [4.69, 9.17) is 28.2 Å². The van der Waals surface area contributed by atoms with Crippen molar-refractivity contribution < 1.29 is 9.21 Å². The van der Waals surface area contributed by atoms with E-state index >= 15 is 0 Å². The normalized spacial score (nSPS) is 10.6. The standard InChI is InChI=1S/C14H10ClIN2O2S/c15-11-8-9(16)3-5-12(11)17-14(21)18-13(19)6-4-10-2-1-7-20-10/h1-8H,(H2,17,18,19,21)/b6-4+. The van der Waals surface area contributed by atoms with Crippen molar-refractivity contribution in [3.05, 3.63) is 57.0 Å². The molecule has 0 unspecified atom stereocenters. The first-order valence-corrected chi connectivity index (χ1v) is 7.70. The van der Waals surface area contributed by atoms with Gasteiger partial charge in [-0.15, -0.1) is 0 Å². The second-order valence-electron chi connectivity index (χ2n) is 3.92. The smallest absolute Gasteiger partial charge is 0.250 e. The molecule has 1 heterocycles. The molecule has 0 aliphatic rings. The van der Waals surface area contributed by atoms with Crippen LogP contribution in [-0.2, 0) is 4.79 Å². The molecule has 0 aliphatic carbocycles. The fourth-order valence-electron chi connectivity index (χ4n) is 1.44. The highest BCUT2D eigenvalue weighted by molar-refractivity contribution is 14.1. The van der Waals surface area contributed by atoms with Crippen molar-refractivity contribution in [2.75, 3.05) is 5.32 Å². The fraction of sp³-hybridized carbons (Fsp3) is 0. The van der Waals surface area contributed by atoms with E-state index in [9.17, 15) is 4.79 Å². The zero-order valence-corrected chi connectivity index (χ0v) is 14.3. The molecule has 0 fully saturated rings. The lowest BCUT2D eigenvalue weighted by Gasteiger charge is -2.09. The van der Waals surface area contributed by atoms with Crippen molar-refractivity contribution in [3.63, 3.8) is 0 Å². The molecule has 0 atom stereocenters. The molecule has 21 heavy (non-hydrogen) atoms. The van der Waals surface area contributed by atoms with Crippen molar-refractivity contribution in [1.82, 2.24) is 5.32 Å². The number of hydrogen-bond acceptors (Lipinski definition) is 3. The summed E-state index contributed by atoms with van der Waals surface area (Å²) in [4.78, 5) is 11.7. The third kappa shape index (κ3) is 5.14. The molecule has 0 spiro atoms. The molecule has 108 valence electrons. The molecule has 1 aromatic carbocycles. The largest absolute Gasteiger partial charge is 0.465 e. The summed E-state index contributed by atoms with van der Waals surface area (Å²) in [6, 6.07) is 8.96. The number of rotatable bonds is 3. The monoisotopic (exact) mass is 432 g/mol. The van der Waals surface area contributed by atoms with Gasteiger partial charge in [-0.2, -0.15) is 0 Å². The van der Waals surface area contributed by atoms with Gasteiger partial charge in [-0.1, -0.05) is 11.6 Å². The van der Waals surface area contributed by atoms with Crippen LogP contribution in [0.3, 0.4) is 0 Å². The minimum absolute atomic E-state index is 0.173. The predicted octanol–water partition coefficient (Wildman–Crippen LogP) is 4.06. The summed E-state index contributed by atoms with van der Waals surface area (Å²) >= 11 is 13.3. The van der Waals surface area contributed by atoms with Crippen molar-refractivity contribution in [1.29, 1.82) is 0 Å². The first-order valence-electron chi connectivity index (χ1n) is 5.83. The van der Waals surface area contributed by atoms with E-state index < -0.39 is 0 Å². The minimum Gasteiger partial charge on any atom is -0.465 e. The summed E-state index contributed by atoms with van der Waals surface area (Å²) in [6.07, 6.45) is 4.42. The number of amides is 1. The summed E-state index contributed by atoms with van der Waals surface area (Å²) in [5, 5.41) is 6.10. The Morgan fingerprint density at radius 2 is 2.19 bits per heavy atom. The Bertz CT molecular complexity index is 686. The Labute approximate surface area is 145 Å². The number of nitrogens with one attached hydrogen (secondary N) is 2. The maximum atomic E-state index is 11.7. The van der Waals surface area contributed by atoms with Gasteiger partial charge >= 0.3 is 0 Å². The predicted molar refractivity (Wildman–Crippen MR) is 96.3 cm³/mol. The number of benzene rings is 1. The fourth-order valence-corrected chi connectivity index (χ4v) is 2.56. The highest BCUT2D eigenvalue weighted by Crippen LogP contribution is 2.23. The molecule has 0 saturated heterocycles. The van der Waals surface area contributed by atoms with E-state index in [1.54, 1.807) is 30.3 Å². The molecule has 0 radical (unpaired) electrons. The Hall–Kier alpha value is -1.38. The Kier molecular flexibility index (Phi) is 5.77. The van der Waals surface area contributed by atoms with Crippen LogP contribution in [-0.4, -0.2) is 11.0 Å². The lowest BCUT2D eigenvalue weighted by atomic mass is 10.3. The number of carbonyl (C=O) groups excluding carboxylic acids is 1. The van der Waals surface area contributed by atoms with Crippen LogP contribution in [0.1, 0.15) is 5.76 Å². The first kappa shape index (κ1) is 16.0. The van der Waals surface area contributed by atoms with E-state index in [-0.39, 0.29) is 11.0 Å². The average Bonchev–Trinajstić information content (AvgIpc) is 2.93. The molecule has 2 N–H and O–H groups in total. The third-order valence-electron chi connectivity index (χ3n) is 2.36. The van der Waals surface area contributed by atoms with Crippen molar-refractivity contribution in [2.45, 2.75) is 0 Å². The summed E-state index contributed by atoms with van der Waals surface area (Å²) in [6.45, 7) is 0. The van der Waals surface area contributed by atoms with E-state index in [1.165, 1.54) is 12.3 Å². The van der Waals surface area contributed by atoms with Gasteiger partial charge in [0.25, 0.3) is 0 Å². The molecule has 1 aromatic heterocycles. The van der Waals surface area contributed by atoms with Crippen molar-refractivity contribution in [2.24, 2.45) is 0 Å². The molecule has 4 nitrogen and oxygen atoms in total. The second kappa shape index (κ2) is 7.58. The number of carbonyl (C=O) groups is 1. The molecule has 0 aliphatic heterocycles. The third-order valence-corrected chi connectivity index (χ3v) is 3.55. The Morgan fingerprint density at radius 1 is 1.38 bits per heavy atom. The van der Waals surface area contributed by atoms with Gasteiger partial charge in [0.05, 0.1) is 17.0 Å². The highest BCUT2D eigenvalue weighted by atomic mass is 127. The van der Waals surface area contributed by atoms with Crippen LogP contribution in [0.4, 0.5) is 5.69 Å². The van der Waals surface area contributed by atoms with Crippen LogP contribution < -0.4 is 10.6 Å². The van der Waals surface area contributed by atoms with Gasteiger partial charge in [0.2, 0.25) is 5.91 Å². The van der Waals surface area contributed by atoms with Crippen LogP contribution in [0.2, 0.25) is 5.02 Å². The van der Waals surface area contributed by atoms with Crippen LogP contribution in [0.5, 0.6) is 0 Å². The van der Waals surface area contributed by atoms with Crippen LogP contribution in [0, 0.1) is 3.57 Å². The van der Waals surface area contributed by atoms with Crippen LogP contribution in [0.15, 0.2) is 47.1 Å². The number of furan rings is 1. The second-order valence-corrected chi connectivity index (χ2v) is 5.98. The van der Waals surface area contributed by atoms with Crippen molar-refractivity contribution >= 4 is 69.2 Å². The minimum atomic E-state index is -0.356. The molecule has 0 saturated carbocycles. The van der Waals surface area contributed by atoms with E-state index in [0.29, 0.717) is 16.5 Å². The molecular weight excluding hydrogens is 423 g/mol. The first-order chi connectivity index (χ1) is 10.0. The van der Waals surface area contributed by atoms with Gasteiger partial charge in [0.15, 0.2) is 5.11 Å². The number of anilines is 1. The van der Waals surface area contributed by atoms with Crippen molar-refractivity contribution in [3.8, 4) is 0 Å². The molecule has 7 heteroatoms. The average molecular weight is 433 g/mol. The lowest BCUT2D eigenvalue weighted by molar-refractivity contribution is -0.115. The molecular formula is C14H10ClIN2O2S. The number of thiocarbonyl (C=S) groups is 1. The lowest BCUT2D eigenvalue weighted by Crippen LogP contribution is -2.32. The SMILES string of the molecule is O=C(/C=C/c1ccco1)NC(=S)Nc1ccc(I)cc1Cl. The molecule has 2 aromatic rings. The van der Waals surface area contributed by atoms with E-state index in [2.05, 4.69) is 33.2 Å². The number of halogens is 2. The van der Waals surface area contributed by atoms with Crippen LogP contribution in [0.25, 0.3) is 6.08 Å². The topological polar surface area (TPSA) is 54.3 Å². The summed E-state index contributed by atoms with van der Waals surface area (Å²) < 4.78 is 6.09. The number of hydrogen-bond donors (Lipinski definition) is 2. The van der Waals surface area contributed by atoms with Crippen LogP contribution >= 0.6 is 46.4 Å². The Balaban J connectivity index is 1.90. The van der Waals surface area contributed by atoms with E-state index in [1.807, 2.05) is 6.07 Å². The van der Waals surface area contributed by atoms with Gasteiger partial charge in [0, 0.05) is 9.65 Å². The quantitative estimate of drug-likeness (QED) is 0.436. The zero-order chi connectivity index (χ0) is 15.2. The van der Waals surface area contributed by atoms with Gasteiger partial charge in [-0.25, -0.2) is 0 Å². The molecule has 2 rings (SSSR count). The molecule has 0 bridgehead atoms. The summed E-state index contributed by atoms with van der Waals surface area (Å²) in [5.74, 6) is 0.232. The maximum Gasteiger partial charge on any atom is 0.250 e. The maximum absolute atomic E-state index is 11.7.